The molecular weight excluding hydrogens is 242 g/mol. The van der Waals surface area contributed by atoms with E-state index in [1.165, 1.54) is 16.1 Å². The van der Waals surface area contributed by atoms with Crippen LogP contribution in [0, 0.1) is 13.8 Å². The Morgan fingerprint density at radius 3 is 2.81 bits per heavy atom. The third-order valence-corrected chi connectivity index (χ3v) is 3.63. The standard InChI is InChI=1S/C11H12ClN3S/c1-7-3-4-9(16-7)5-13-11-8(2)10(12)14-6-15-11/h3-4,6H,5H2,1-2H3,(H,13,14,15). The van der Waals surface area contributed by atoms with Crippen LogP contribution in [0.3, 0.4) is 0 Å². The minimum atomic E-state index is 0.500. The van der Waals surface area contributed by atoms with Gasteiger partial charge in [-0.2, -0.15) is 0 Å². The zero-order valence-corrected chi connectivity index (χ0v) is 10.7. The van der Waals surface area contributed by atoms with Crippen molar-refractivity contribution in [3.8, 4) is 0 Å². The Kier molecular flexibility index (Phi) is 3.41. The molecule has 0 unspecified atom stereocenters. The highest BCUT2D eigenvalue weighted by Gasteiger charge is 2.04. The van der Waals surface area contributed by atoms with Crippen LogP contribution in [-0.2, 0) is 6.54 Å². The van der Waals surface area contributed by atoms with E-state index in [9.17, 15) is 0 Å². The molecule has 3 nitrogen and oxygen atoms in total. The van der Waals surface area contributed by atoms with Gasteiger partial charge >= 0.3 is 0 Å². The molecule has 1 N–H and O–H groups in total. The summed E-state index contributed by atoms with van der Waals surface area (Å²) in [5.74, 6) is 0.797. The highest BCUT2D eigenvalue weighted by Crippen LogP contribution is 2.20. The number of nitrogens with zero attached hydrogens (tertiary/aromatic N) is 2. The average Bonchev–Trinajstić information content (AvgIpc) is 2.67. The van der Waals surface area contributed by atoms with Gasteiger partial charge in [0.2, 0.25) is 0 Å². The van der Waals surface area contributed by atoms with Crippen LogP contribution in [0.5, 0.6) is 0 Å². The molecule has 0 bridgehead atoms. The van der Waals surface area contributed by atoms with Crippen molar-refractivity contribution in [2.75, 3.05) is 5.32 Å². The van der Waals surface area contributed by atoms with Gasteiger partial charge in [0.25, 0.3) is 0 Å². The van der Waals surface area contributed by atoms with E-state index in [2.05, 4.69) is 34.3 Å². The van der Waals surface area contributed by atoms with Gasteiger partial charge in [-0.05, 0) is 26.0 Å². The highest BCUT2D eigenvalue weighted by molar-refractivity contribution is 7.11. The summed E-state index contributed by atoms with van der Waals surface area (Å²) in [5.41, 5.74) is 0.887. The van der Waals surface area contributed by atoms with Gasteiger partial charge in [0.1, 0.15) is 17.3 Å². The van der Waals surface area contributed by atoms with E-state index < -0.39 is 0 Å². The number of thiophene rings is 1. The van der Waals surface area contributed by atoms with Gasteiger partial charge in [-0.15, -0.1) is 11.3 Å². The number of hydrogen-bond donors (Lipinski definition) is 1. The van der Waals surface area contributed by atoms with Crippen LogP contribution in [0.2, 0.25) is 5.15 Å². The second kappa shape index (κ2) is 4.80. The van der Waals surface area contributed by atoms with E-state index in [1.807, 2.05) is 6.92 Å². The Labute approximate surface area is 104 Å². The predicted octanol–water partition coefficient (Wildman–Crippen LogP) is 3.42. The molecule has 0 radical (unpaired) electrons. The van der Waals surface area contributed by atoms with Crippen LogP contribution in [0.4, 0.5) is 5.82 Å². The Morgan fingerprint density at radius 1 is 1.31 bits per heavy atom. The van der Waals surface area contributed by atoms with Crippen molar-refractivity contribution in [3.63, 3.8) is 0 Å². The average molecular weight is 254 g/mol. The van der Waals surface area contributed by atoms with Crippen molar-refractivity contribution < 1.29 is 0 Å². The maximum Gasteiger partial charge on any atom is 0.137 e. The third kappa shape index (κ3) is 2.51. The fourth-order valence-electron chi connectivity index (χ4n) is 1.36. The van der Waals surface area contributed by atoms with Gasteiger partial charge in [0, 0.05) is 15.3 Å². The van der Waals surface area contributed by atoms with Gasteiger partial charge in [-0.25, -0.2) is 9.97 Å². The van der Waals surface area contributed by atoms with E-state index in [0.29, 0.717) is 5.15 Å². The second-order valence-electron chi connectivity index (χ2n) is 3.50. The van der Waals surface area contributed by atoms with E-state index >= 15 is 0 Å². The molecule has 0 amide bonds. The van der Waals surface area contributed by atoms with E-state index in [-0.39, 0.29) is 0 Å². The van der Waals surface area contributed by atoms with Crippen molar-refractivity contribution >= 4 is 28.8 Å². The number of halogens is 1. The number of hydrogen-bond acceptors (Lipinski definition) is 4. The maximum atomic E-state index is 5.91. The monoisotopic (exact) mass is 253 g/mol. The van der Waals surface area contributed by atoms with Gasteiger partial charge in [-0.3, -0.25) is 0 Å². The van der Waals surface area contributed by atoms with Gasteiger partial charge in [0.15, 0.2) is 0 Å². The fourth-order valence-corrected chi connectivity index (χ4v) is 2.32. The molecular formula is C11H12ClN3S. The molecule has 84 valence electrons. The Hall–Kier alpha value is -1.13. The lowest BCUT2D eigenvalue weighted by atomic mass is 10.3. The summed E-state index contributed by atoms with van der Waals surface area (Å²) in [6.07, 6.45) is 1.47. The molecule has 16 heavy (non-hydrogen) atoms. The van der Waals surface area contributed by atoms with E-state index in [0.717, 1.165) is 17.9 Å². The van der Waals surface area contributed by atoms with Gasteiger partial charge in [0.05, 0.1) is 6.54 Å². The Bertz CT molecular complexity index is 496. The molecule has 5 heteroatoms. The SMILES string of the molecule is Cc1ccc(CNc2ncnc(Cl)c2C)s1. The largest absolute Gasteiger partial charge is 0.365 e. The minimum Gasteiger partial charge on any atom is -0.365 e. The molecule has 0 fully saturated rings. The first-order valence-corrected chi connectivity index (χ1v) is 6.12. The first-order valence-electron chi connectivity index (χ1n) is 4.93. The predicted molar refractivity (Wildman–Crippen MR) is 68.2 cm³/mol. The Balaban J connectivity index is 2.07. The van der Waals surface area contributed by atoms with Crippen molar-refractivity contribution in [1.29, 1.82) is 0 Å². The number of nitrogens with one attached hydrogen (secondary N) is 1. The highest BCUT2D eigenvalue weighted by atomic mass is 35.5. The summed E-state index contributed by atoms with van der Waals surface area (Å²) >= 11 is 7.69. The number of aryl methyl sites for hydroxylation is 1. The van der Waals surface area contributed by atoms with Gasteiger partial charge < -0.3 is 5.32 Å². The molecule has 2 aromatic heterocycles. The lowest BCUT2D eigenvalue weighted by Gasteiger charge is -2.07. The van der Waals surface area contributed by atoms with Crippen LogP contribution < -0.4 is 5.32 Å². The molecule has 0 aliphatic rings. The van der Waals surface area contributed by atoms with Crippen molar-refractivity contribution in [3.05, 3.63) is 38.9 Å². The topological polar surface area (TPSA) is 37.8 Å². The number of aromatic nitrogens is 2. The molecule has 2 rings (SSSR count). The number of rotatable bonds is 3. The van der Waals surface area contributed by atoms with Crippen LogP contribution in [-0.4, -0.2) is 9.97 Å². The van der Waals surface area contributed by atoms with Crippen LogP contribution in [0.15, 0.2) is 18.5 Å². The molecule has 0 atom stereocenters. The molecule has 0 saturated heterocycles. The molecule has 2 aromatic rings. The van der Waals surface area contributed by atoms with Crippen molar-refractivity contribution in [2.24, 2.45) is 0 Å². The molecule has 0 aliphatic carbocycles. The van der Waals surface area contributed by atoms with Crippen LogP contribution >= 0.6 is 22.9 Å². The van der Waals surface area contributed by atoms with Crippen LogP contribution in [0.1, 0.15) is 15.3 Å². The van der Waals surface area contributed by atoms with E-state index in [1.54, 1.807) is 11.3 Å². The molecule has 0 aliphatic heterocycles. The summed E-state index contributed by atoms with van der Waals surface area (Å²) in [7, 11) is 0. The molecule has 0 spiro atoms. The number of anilines is 1. The lowest BCUT2D eigenvalue weighted by Crippen LogP contribution is -2.02. The zero-order valence-electron chi connectivity index (χ0n) is 9.12. The van der Waals surface area contributed by atoms with Crippen LogP contribution in [0.25, 0.3) is 0 Å². The summed E-state index contributed by atoms with van der Waals surface area (Å²) in [5, 5.41) is 3.76. The molecule has 0 saturated carbocycles. The normalized spacial score (nSPS) is 10.4. The molecule has 0 aromatic carbocycles. The first kappa shape index (κ1) is 11.4. The summed E-state index contributed by atoms with van der Waals surface area (Å²) in [6, 6.07) is 4.23. The maximum absolute atomic E-state index is 5.91. The fraction of sp³-hybridized carbons (Fsp3) is 0.273. The quantitative estimate of drug-likeness (QED) is 0.852. The third-order valence-electron chi connectivity index (χ3n) is 2.25. The summed E-state index contributed by atoms with van der Waals surface area (Å²) in [4.78, 5) is 10.7. The molecule has 2 heterocycles. The van der Waals surface area contributed by atoms with Crippen molar-refractivity contribution in [2.45, 2.75) is 20.4 Å². The smallest absolute Gasteiger partial charge is 0.137 e. The minimum absolute atomic E-state index is 0.500. The second-order valence-corrected chi connectivity index (χ2v) is 5.23. The van der Waals surface area contributed by atoms with Gasteiger partial charge in [-0.1, -0.05) is 11.6 Å². The first-order chi connectivity index (χ1) is 7.66. The van der Waals surface area contributed by atoms with E-state index in [4.69, 9.17) is 11.6 Å². The summed E-state index contributed by atoms with van der Waals surface area (Å²) in [6.45, 7) is 4.78. The van der Waals surface area contributed by atoms with Crippen molar-refractivity contribution in [1.82, 2.24) is 9.97 Å². The lowest BCUT2D eigenvalue weighted by molar-refractivity contribution is 1.07. The summed E-state index contributed by atoms with van der Waals surface area (Å²) < 4.78 is 0. The Morgan fingerprint density at radius 2 is 2.12 bits per heavy atom. The zero-order chi connectivity index (χ0) is 11.5.